The first-order valence-electron chi connectivity index (χ1n) is 13.1. The largest absolute Gasteiger partial charge is 0.507 e. The van der Waals surface area contributed by atoms with Crippen molar-refractivity contribution < 1.29 is 48.7 Å². The number of phenols is 3. The molecule has 0 saturated carbocycles. The van der Waals surface area contributed by atoms with Gasteiger partial charge in [-0.2, -0.15) is 0 Å². The summed E-state index contributed by atoms with van der Waals surface area (Å²) in [7, 11) is 0. The van der Waals surface area contributed by atoms with Crippen LogP contribution in [-0.4, -0.2) is 44.2 Å². The summed E-state index contributed by atoms with van der Waals surface area (Å²) in [5, 5.41) is 33.1. The number of carbonyl (C=O) groups is 4. The zero-order valence-corrected chi connectivity index (χ0v) is 22.5. The number of hydrogen-bond donors (Lipinski definition) is 3. The quantitative estimate of drug-likeness (QED) is 0.298. The summed E-state index contributed by atoms with van der Waals surface area (Å²) in [4.78, 5) is 51.2. The summed E-state index contributed by atoms with van der Waals surface area (Å²) in [6.45, 7) is 4.26. The first-order chi connectivity index (χ1) is 19.9. The lowest BCUT2D eigenvalue weighted by Gasteiger charge is -2.51. The molecule has 42 heavy (non-hydrogen) atoms. The van der Waals surface area contributed by atoms with Crippen LogP contribution in [0.3, 0.4) is 0 Å². The Morgan fingerprint density at radius 1 is 0.714 bits per heavy atom. The van der Waals surface area contributed by atoms with E-state index in [-0.39, 0.29) is 79.9 Å². The standard InChI is InChI=1S/C32H22O10/c1-13(33)15-4-9-20-25(29(15)38)24-18(36)8-11-22-28(24)31(3,40-20)12-32(42-22)27-19(37)7-6-17(35)23(27)26-21(41-32)10-5-16(14(2)34)30(26)39/h4-11,36,38-39H,12H2,1-3H3/t31-,32?/m0/s1. The number of hydrogen-bond acceptors (Lipinski definition) is 10. The molecule has 210 valence electrons. The first-order valence-corrected chi connectivity index (χ1v) is 13.1. The molecule has 0 saturated heterocycles. The molecule has 0 radical (unpaired) electrons. The average molecular weight is 567 g/mol. The summed E-state index contributed by atoms with van der Waals surface area (Å²) in [6, 6.07) is 8.50. The van der Waals surface area contributed by atoms with Gasteiger partial charge < -0.3 is 29.5 Å². The number of Topliss-reactive ketones (excluding diaryl/α,β-unsaturated/α-hetero) is 2. The fourth-order valence-corrected chi connectivity index (χ4v) is 6.49. The zero-order chi connectivity index (χ0) is 29.9. The fraction of sp³-hybridized carbons (Fsp3) is 0.188. The monoisotopic (exact) mass is 566 g/mol. The van der Waals surface area contributed by atoms with Crippen LogP contribution in [0.1, 0.15) is 59.0 Å². The molecule has 3 heterocycles. The number of carbonyl (C=O) groups excluding carboxylic acids is 4. The van der Waals surface area contributed by atoms with Gasteiger partial charge in [0.25, 0.3) is 5.79 Å². The number of fused-ring (bicyclic) bond motifs is 5. The van der Waals surface area contributed by atoms with Crippen LogP contribution < -0.4 is 14.2 Å². The van der Waals surface area contributed by atoms with E-state index < -0.39 is 34.5 Å². The van der Waals surface area contributed by atoms with Gasteiger partial charge in [0.15, 0.2) is 23.1 Å². The number of aromatic hydroxyl groups is 3. The molecule has 7 rings (SSSR count). The van der Waals surface area contributed by atoms with Gasteiger partial charge in [-0.1, -0.05) is 0 Å². The maximum atomic E-state index is 13.5. The van der Waals surface area contributed by atoms with E-state index in [1.165, 1.54) is 50.2 Å². The van der Waals surface area contributed by atoms with Gasteiger partial charge >= 0.3 is 0 Å². The molecule has 0 bridgehead atoms. The molecule has 10 heteroatoms. The molecule has 3 aromatic carbocycles. The highest BCUT2D eigenvalue weighted by Crippen LogP contribution is 2.62. The minimum Gasteiger partial charge on any atom is -0.507 e. The van der Waals surface area contributed by atoms with Crippen molar-refractivity contribution in [2.45, 2.75) is 38.6 Å². The summed E-state index contributed by atoms with van der Waals surface area (Å²) >= 11 is 0. The van der Waals surface area contributed by atoms with Gasteiger partial charge in [0.05, 0.1) is 39.8 Å². The molecule has 3 aliphatic heterocycles. The van der Waals surface area contributed by atoms with E-state index in [4.69, 9.17) is 14.2 Å². The van der Waals surface area contributed by atoms with E-state index in [0.29, 0.717) is 5.56 Å². The van der Waals surface area contributed by atoms with Crippen molar-refractivity contribution >= 4 is 28.7 Å². The van der Waals surface area contributed by atoms with Crippen molar-refractivity contribution in [2.24, 2.45) is 0 Å². The van der Waals surface area contributed by atoms with Gasteiger partial charge in [-0.05, 0) is 69.3 Å². The lowest BCUT2D eigenvalue weighted by atomic mass is 9.72. The van der Waals surface area contributed by atoms with Gasteiger partial charge in [0.1, 0.15) is 40.1 Å². The summed E-state index contributed by atoms with van der Waals surface area (Å²) in [5.74, 6) is -4.72. The normalized spacial score (nSPS) is 22.7. The minimum absolute atomic E-state index is 0.0127. The molecule has 0 aromatic heterocycles. The predicted molar refractivity (Wildman–Crippen MR) is 146 cm³/mol. The highest BCUT2D eigenvalue weighted by molar-refractivity contribution is 6.38. The van der Waals surface area contributed by atoms with Crippen LogP contribution in [0.2, 0.25) is 0 Å². The molecule has 1 unspecified atom stereocenters. The van der Waals surface area contributed by atoms with Gasteiger partial charge in [-0.15, -0.1) is 0 Å². The number of benzene rings is 3. The van der Waals surface area contributed by atoms with Crippen LogP contribution in [0, 0.1) is 0 Å². The van der Waals surface area contributed by atoms with Crippen LogP contribution in [0.25, 0.3) is 16.7 Å². The molecular formula is C32H22O10. The Hall–Kier alpha value is -5.38. The smallest absolute Gasteiger partial charge is 0.286 e. The van der Waals surface area contributed by atoms with E-state index in [2.05, 4.69) is 0 Å². The zero-order valence-electron chi connectivity index (χ0n) is 22.5. The molecular weight excluding hydrogens is 544 g/mol. The van der Waals surface area contributed by atoms with E-state index in [9.17, 15) is 34.5 Å². The topological polar surface area (TPSA) is 157 Å². The van der Waals surface area contributed by atoms with Crippen molar-refractivity contribution in [3.05, 3.63) is 76.4 Å². The summed E-state index contributed by atoms with van der Waals surface area (Å²) < 4.78 is 19.3. The average Bonchev–Trinajstić information content (AvgIpc) is 2.91. The Bertz CT molecular complexity index is 1930. The van der Waals surface area contributed by atoms with Gasteiger partial charge in [0, 0.05) is 11.1 Å². The van der Waals surface area contributed by atoms with E-state index >= 15 is 0 Å². The van der Waals surface area contributed by atoms with Crippen molar-refractivity contribution in [3.63, 3.8) is 0 Å². The molecule has 1 aliphatic carbocycles. The second-order valence-corrected chi connectivity index (χ2v) is 10.9. The molecule has 1 spiro atoms. The van der Waals surface area contributed by atoms with Gasteiger partial charge in [-0.3, -0.25) is 19.2 Å². The van der Waals surface area contributed by atoms with E-state index in [1.54, 1.807) is 6.92 Å². The maximum absolute atomic E-state index is 13.5. The maximum Gasteiger partial charge on any atom is 0.286 e. The molecule has 0 amide bonds. The molecule has 10 nitrogen and oxygen atoms in total. The van der Waals surface area contributed by atoms with Crippen LogP contribution in [0.5, 0.6) is 34.5 Å². The number of phenolic OH excluding ortho intramolecular Hbond substituents is 3. The Kier molecular flexibility index (Phi) is 4.93. The second-order valence-electron chi connectivity index (χ2n) is 10.9. The molecule has 4 aliphatic rings. The number of allylic oxidation sites excluding steroid dienone is 3. The Morgan fingerprint density at radius 2 is 1.26 bits per heavy atom. The summed E-state index contributed by atoms with van der Waals surface area (Å²) in [6.07, 6.45) is 1.96. The highest BCUT2D eigenvalue weighted by atomic mass is 16.7. The minimum atomic E-state index is -1.93. The van der Waals surface area contributed by atoms with E-state index in [0.717, 1.165) is 12.2 Å². The number of ether oxygens (including phenoxy) is 3. The third kappa shape index (κ3) is 3.14. The third-order valence-electron chi connectivity index (χ3n) is 8.18. The van der Waals surface area contributed by atoms with Crippen molar-refractivity contribution in [1.82, 2.24) is 0 Å². The fourth-order valence-electron chi connectivity index (χ4n) is 6.49. The Balaban J connectivity index is 1.50. The van der Waals surface area contributed by atoms with Crippen LogP contribution in [0.4, 0.5) is 0 Å². The first kappa shape index (κ1) is 25.6. The third-order valence-corrected chi connectivity index (χ3v) is 8.18. The lowest BCUT2D eigenvalue weighted by Crippen LogP contribution is -2.58. The van der Waals surface area contributed by atoms with Gasteiger partial charge in [-0.25, -0.2) is 0 Å². The second kappa shape index (κ2) is 8.10. The van der Waals surface area contributed by atoms with E-state index in [1.807, 2.05) is 0 Å². The SMILES string of the molecule is CC(=O)c1ccc2c(c1O)C1=C(C(=O)C=CC1=O)C1(C[C@]3(C)Oc4ccc(C(C)=O)c(O)c4-c4c(O)ccc(c43)O1)O2. The highest BCUT2D eigenvalue weighted by Gasteiger charge is 2.60. The van der Waals surface area contributed by atoms with Crippen LogP contribution in [0.15, 0.2) is 54.1 Å². The Morgan fingerprint density at radius 3 is 1.90 bits per heavy atom. The van der Waals surface area contributed by atoms with Crippen LogP contribution >= 0.6 is 0 Å². The van der Waals surface area contributed by atoms with Crippen molar-refractivity contribution in [3.8, 4) is 45.6 Å². The molecule has 3 N–H and O–H groups in total. The predicted octanol–water partition coefficient (Wildman–Crippen LogP) is 4.52. The Labute approximate surface area is 238 Å². The number of ketones is 4. The molecule has 2 atom stereocenters. The van der Waals surface area contributed by atoms with Gasteiger partial charge in [0.2, 0.25) is 0 Å². The van der Waals surface area contributed by atoms with Crippen molar-refractivity contribution in [2.75, 3.05) is 0 Å². The van der Waals surface area contributed by atoms with Crippen LogP contribution in [-0.2, 0) is 15.2 Å². The van der Waals surface area contributed by atoms with Crippen molar-refractivity contribution in [1.29, 1.82) is 0 Å². The lowest BCUT2D eigenvalue weighted by molar-refractivity contribution is -0.153. The summed E-state index contributed by atoms with van der Waals surface area (Å²) in [5.41, 5.74) is -1.16. The molecule has 3 aromatic rings. The molecule has 0 fully saturated rings. The number of rotatable bonds is 2.